The lowest BCUT2D eigenvalue weighted by Crippen LogP contribution is -2.47. The molecule has 0 radical (unpaired) electrons. The van der Waals surface area contributed by atoms with Crippen molar-refractivity contribution < 1.29 is 23.9 Å². The number of ether oxygens (including phenoxy) is 2. The van der Waals surface area contributed by atoms with Gasteiger partial charge in [0.15, 0.2) is 17.2 Å². The lowest BCUT2D eigenvalue weighted by atomic mass is 9.94. The number of methoxy groups -OCH3 is 2. The molecular formula is C29H35N5O5S. The molecule has 1 fully saturated rings. The molecule has 2 aromatic carbocycles. The summed E-state index contributed by atoms with van der Waals surface area (Å²) in [6.07, 6.45) is 5.53. The summed E-state index contributed by atoms with van der Waals surface area (Å²) in [5.74, 6) is -0.833. The lowest BCUT2D eigenvalue weighted by Gasteiger charge is -2.34. The number of rotatable bonds is 10. The molecule has 40 heavy (non-hydrogen) atoms. The Labute approximate surface area is 237 Å². The third-order valence-electron chi connectivity index (χ3n) is 7.19. The highest BCUT2D eigenvalue weighted by Crippen LogP contribution is 2.38. The van der Waals surface area contributed by atoms with E-state index in [0.717, 1.165) is 49.2 Å². The molecule has 3 aromatic rings. The van der Waals surface area contributed by atoms with E-state index in [4.69, 9.17) is 20.9 Å². The first-order valence-corrected chi connectivity index (χ1v) is 14.1. The molecule has 5 N–H and O–H groups in total. The zero-order valence-corrected chi connectivity index (χ0v) is 23.8. The van der Waals surface area contributed by atoms with Gasteiger partial charge in [0.25, 0.3) is 11.8 Å². The Kier molecular flexibility index (Phi) is 9.26. The standard InChI is InChI=1S/C29H35N5O5S/c1-4-17-10-8-9-13-20(17)34(29(37)26-23(30)24(27(31)35)33-40-26)25(28(36)32-19-11-6-5-7-12-19)18-14-15-21(38-2)22(16-18)39-3/h8-10,13-16,19,25H,4-7,11-12,30H2,1-3H3,(H2,31,35)(H,32,36)/t25-/m1/s1. The van der Waals surface area contributed by atoms with Gasteiger partial charge in [-0.1, -0.05) is 50.5 Å². The van der Waals surface area contributed by atoms with Crippen molar-refractivity contribution in [3.05, 3.63) is 64.2 Å². The van der Waals surface area contributed by atoms with Crippen LogP contribution in [0.1, 0.15) is 76.4 Å². The van der Waals surface area contributed by atoms with Crippen LogP contribution in [0.2, 0.25) is 0 Å². The van der Waals surface area contributed by atoms with Gasteiger partial charge >= 0.3 is 0 Å². The average molecular weight is 566 g/mol. The van der Waals surface area contributed by atoms with E-state index in [1.54, 1.807) is 24.3 Å². The third kappa shape index (κ3) is 5.89. The molecule has 212 valence electrons. The minimum Gasteiger partial charge on any atom is -0.493 e. The molecule has 0 aliphatic heterocycles. The monoisotopic (exact) mass is 565 g/mol. The van der Waals surface area contributed by atoms with Crippen LogP contribution < -0.4 is 31.2 Å². The van der Waals surface area contributed by atoms with Gasteiger partial charge in [0, 0.05) is 11.7 Å². The second-order valence-corrected chi connectivity index (χ2v) is 10.4. The number of nitrogen functional groups attached to an aromatic ring is 1. The fourth-order valence-electron chi connectivity index (χ4n) is 5.12. The maximum Gasteiger partial charge on any atom is 0.273 e. The van der Waals surface area contributed by atoms with E-state index >= 15 is 0 Å². The number of aromatic nitrogens is 1. The quantitative estimate of drug-likeness (QED) is 0.333. The van der Waals surface area contributed by atoms with Gasteiger partial charge in [-0.3, -0.25) is 19.3 Å². The second kappa shape index (κ2) is 12.8. The highest BCUT2D eigenvalue weighted by molar-refractivity contribution is 7.09. The van der Waals surface area contributed by atoms with Crippen molar-refractivity contribution in [2.24, 2.45) is 5.73 Å². The van der Waals surface area contributed by atoms with Crippen molar-refractivity contribution in [3.8, 4) is 11.5 Å². The zero-order chi connectivity index (χ0) is 28.8. The Morgan fingerprint density at radius 3 is 2.40 bits per heavy atom. The molecule has 1 aliphatic carbocycles. The van der Waals surface area contributed by atoms with Crippen LogP contribution in [0.25, 0.3) is 0 Å². The molecule has 1 heterocycles. The number of amides is 3. The molecule has 0 saturated heterocycles. The van der Waals surface area contributed by atoms with Crippen LogP contribution >= 0.6 is 11.5 Å². The summed E-state index contributed by atoms with van der Waals surface area (Å²) in [4.78, 5) is 42.0. The number of carbonyl (C=O) groups excluding carboxylic acids is 3. The van der Waals surface area contributed by atoms with E-state index in [9.17, 15) is 14.4 Å². The predicted molar refractivity (Wildman–Crippen MR) is 155 cm³/mol. The topological polar surface area (TPSA) is 150 Å². The number of hydrogen-bond donors (Lipinski definition) is 3. The molecule has 0 spiro atoms. The Morgan fingerprint density at radius 1 is 1.07 bits per heavy atom. The second-order valence-electron chi connectivity index (χ2n) is 9.66. The number of benzene rings is 2. The summed E-state index contributed by atoms with van der Waals surface area (Å²) in [5, 5.41) is 3.19. The number of anilines is 2. The molecule has 1 saturated carbocycles. The normalized spacial score (nSPS) is 14.3. The van der Waals surface area contributed by atoms with Crippen molar-refractivity contribution in [2.45, 2.75) is 57.5 Å². The van der Waals surface area contributed by atoms with Gasteiger partial charge in [0.05, 0.1) is 19.9 Å². The van der Waals surface area contributed by atoms with E-state index in [1.165, 1.54) is 19.1 Å². The summed E-state index contributed by atoms with van der Waals surface area (Å²) < 4.78 is 15.0. The summed E-state index contributed by atoms with van der Waals surface area (Å²) in [6.45, 7) is 1.97. The van der Waals surface area contributed by atoms with Gasteiger partial charge < -0.3 is 26.3 Å². The lowest BCUT2D eigenvalue weighted by molar-refractivity contribution is -0.123. The van der Waals surface area contributed by atoms with Gasteiger partial charge in [-0.25, -0.2) is 0 Å². The van der Waals surface area contributed by atoms with E-state index in [1.807, 2.05) is 25.1 Å². The van der Waals surface area contributed by atoms with E-state index in [0.29, 0.717) is 29.2 Å². The summed E-state index contributed by atoms with van der Waals surface area (Å²) in [7, 11) is 3.04. The van der Waals surface area contributed by atoms with Gasteiger partial charge in [0.1, 0.15) is 10.9 Å². The highest BCUT2D eigenvalue weighted by Gasteiger charge is 2.38. The predicted octanol–water partition coefficient (Wildman–Crippen LogP) is 4.24. The molecule has 0 bridgehead atoms. The van der Waals surface area contributed by atoms with Crippen LogP contribution in [0.5, 0.6) is 11.5 Å². The first kappa shape index (κ1) is 28.9. The largest absolute Gasteiger partial charge is 0.493 e. The number of para-hydroxylation sites is 1. The first-order chi connectivity index (χ1) is 19.3. The van der Waals surface area contributed by atoms with Crippen LogP contribution in [0, 0.1) is 0 Å². The number of nitrogens with one attached hydrogen (secondary N) is 1. The molecular weight excluding hydrogens is 530 g/mol. The van der Waals surface area contributed by atoms with Crippen LogP contribution in [-0.4, -0.2) is 42.4 Å². The smallest absolute Gasteiger partial charge is 0.273 e. The Morgan fingerprint density at radius 2 is 1.77 bits per heavy atom. The number of nitrogens with two attached hydrogens (primary N) is 2. The van der Waals surface area contributed by atoms with Crippen molar-refractivity contribution in [2.75, 3.05) is 24.9 Å². The average Bonchev–Trinajstić information content (AvgIpc) is 3.37. The SMILES string of the molecule is CCc1ccccc1N(C(=O)c1snc(C(N)=O)c1N)[C@@H](C(=O)NC1CCCCC1)c1ccc(OC)c(OC)c1. The van der Waals surface area contributed by atoms with Crippen molar-refractivity contribution in [3.63, 3.8) is 0 Å². The first-order valence-electron chi connectivity index (χ1n) is 13.3. The van der Waals surface area contributed by atoms with Crippen LogP contribution in [0.4, 0.5) is 11.4 Å². The highest BCUT2D eigenvalue weighted by atomic mass is 32.1. The molecule has 4 rings (SSSR count). The van der Waals surface area contributed by atoms with E-state index in [-0.39, 0.29) is 28.2 Å². The molecule has 11 heteroatoms. The number of primary amides is 1. The van der Waals surface area contributed by atoms with Crippen molar-refractivity contribution in [1.82, 2.24) is 9.69 Å². The molecule has 0 unspecified atom stereocenters. The van der Waals surface area contributed by atoms with E-state index < -0.39 is 17.9 Å². The number of aryl methyl sites for hydroxylation is 1. The number of carbonyl (C=O) groups is 3. The summed E-state index contributed by atoms with van der Waals surface area (Å²) >= 11 is 0.779. The number of nitrogens with zero attached hydrogens (tertiary/aromatic N) is 2. The fourth-order valence-corrected chi connectivity index (χ4v) is 5.86. The van der Waals surface area contributed by atoms with Gasteiger partial charge in [-0.2, -0.15) is 4.37 Å². The minimum absolute atomic E-state index is 0.00259. The van der Waals surface area contributed by atoms with Crippen LogP contribution in [0.15, 0.2) is 42.5 Å². The van der Waals surface area contributed by atoms with Gasteiger partial charge in [-0.05, 0) is 60.1 Å². The molecule has 3 amide bonds. The molecule has 1 atom stereocenters. The van der Waals surface area contributed by atoms with Crippen LogP contribution in [0.3, 0.4) is 0 Å². The molecule has 1 aliphatic rings. The van der Waals surface area contributed by atoms with E-state index in [2.05, 4.69) is 9.69 Å². The number of hydrogen-bond acceptors (Lipinski definition) is 8. The Hall–Kier alpha value is -4.12. The Bertz CT molecular complexity index is 1380. The zero-order valence-electron chi connectivity index (χ0n) is 22.9. The molecule has 10 nitrogen and oxygen atoms in total. The summed E-state index contributed by atoms with van der Waals surface area (Å²) in [5.41, 5.74) is 13.3. The molecule has 1 aromatic heterocycles. The fraction of sp³-hybridized carbons (Fsp3) is 0.379. The maximum absolute atomic E-state index is 14.4. The van der Waals surface area contributed by atoms with Crippen molar-refractivity contribution in [1.29, 1.82) is 0 Å². The third-order valence-corrected chi connectivity index (χ3v) is 8.04. The summed E-state index contributed by atoms with van der Waals surface area (Å²) in [6, 6.07) is 11.4. The minimum atomic E-state index is -1.10. The maximum atomic E-state index is 14.4. The van der Waals surface area contributed by atoms with Crippen molar-refractivity contribution >= 4 is 40.6 Å². The van der Waals surface area contributed by atoms with Crippen LogP contribution in [-0.2, 0) is 11.2 Å². The van der Waals surface area contributed by atoms with Gasteiger partial charge in [-0.15, -0.1) is 0 Å². The Balaban J connectivity index is 1.92. The van der Waals surface area contributed by atoms with Gasteiger partial charge in [0.2, 0.25) is 5.91 Å².